The number of hydrogen-bond donors (Lipinski definition) is 1. The zero-order chi connectivity index (χ0) is 5.61. The number of ether oxygens (including phenoxy) is 1. The second kappa shape index (κ2) is 1.42. The second-order valence-electron chi connectivity index (χ2n) is 2.97. The van der Waals surface area contributed by atoms with Crippen molar-refractivity contribution in [1.82, 2.24) is 0 Å². The van der Waals surface area contributed by atoms with Crippen molar-refractivity contribution in [3.63, 3.8) is 0 Å². The van der Waals surface area contributed by atoms with Crippen LogP contribution in [0.15, 0.2) is 0 Å². The lowest BCUT2D eigenvalue weighted by molar-refractivity contribution is 0.162. The van der Waals surface area contributed by atoms with E-state index in [1.54, 1.807) is 0 Å². The van der Waals surface area contributed by atoms with E-state index in [0.717, 1.165) is 6.61 Å². The summed E-state index contributed by atoms with van der Waals surface area (Å²) >= 11 is 4.22. The Bertz CT molecular complexity index is 109. The Balaban J connectivity index is 2.03. The van der Waals surface area contributed by atoms with Crippen LogP contribution in [0.2, 0.25) is 0 Å². The van der Waals surface area contributed by atoms with Crippen LogP contribution in [0.4, 0.5) is 0 Å². The molecule has 8 heavy (non-hydrogen) atoms. The van der Waals surface area contributed by atoms with E-state index in [-0.39, 0.29) is 5.44 Å². The number of rotatable bonds is 0. The van der Waals surface area contributed by atoms with Crippen molar-refractivity contribution >= 4 is 12.6 Å². The normalized spacial score (nSPS) is 40.9. The van der Waals surface area contributed by atoms with Crippen LogP contribution in [0.3, 0.4) is 0 Å². The molecule has 0 amide bonds. The van der Waals surface area contributed by atoms with Gasteiger partial charge in [0.25, 0.3) is 0 Å². The smallest absolute Gasteiger partial charge is 0.101 e. The van der Waals surface area contributed by atoms with Crippen LogP contribution < -0.4 is 0 Å². The van der Waals surface area contributed by atoms with Crippen molar-refractivity contribution in [2.75, 3.05) is 6.61 Å². The number of thiol groups is 1. The summed E-state index contributed by atoms with van der Waals surface area (Å²) in [7, 11) is 0. The van der Waals surface area contributed by atoms with E-state index >= 15 is 0 Å². The first-order valence-corrected chi connectivity index (χ1v) is 3.62. The number of hydrogen-bond acceptors (Lipinski definition) is 2. The quantitative estimate of drug-likeness (QED) is 0.488. The lowest BCUT2D eigenvalue weighted by atomic mass is 10.1. The average molecular weight is 130 g/mol. The van der Waals surface area contributed by atoms with Gasteiger partial charge in [0.2, 0.25) is 0 Å². The Morgan fingerprint density at radius 2 is 2.25 bits per heavy atom. The molecule has 2 fully saturated rings. The zero-order valence-corrected chi connectivity index (χ0v) is 5.66. The molecular formula is C6H10OS. The summed E-state index contributed by atoms with van der Waals surface area (Å²) in [5.74, 6) is 0. The van der Waals surface area contributed by atoms with Crippen LogP contribution in [0, 0.1) is 5.41 Å². The lowest BCUT2D eigenvalue weighted by Gasteiger charge is -1.96. The molecule has 1 nitrogen and oxygen atoms in total. The van der Waals surface area contributed by atoms with Crippen molar-refractivity contribution in [1.29, 1.82) is 0 Å². The van der Waals surface area contributed by atoms with Crippen LogP contribution in [0.5, 0.6) is 0 Å². The highest BCUT2D eigenvalue weighted by atomic mass is 32.1. The molecule has 0 aromatic heterocycles. The summed E-state index contributed by atoms with van der Waals surface area (Å²) in [5, 5.41) is 0. The lowest BCUT2D eigenvalue weighted by Crippen LogP contribution is -1.95. The highest BCUT2D eigenvalue weighted by Crippen LogP contribution is 2.54. The molecule has 0 bridgehead atoms. The van der Waals surface area contributed by atoms with Crippen LogP contribution >= 0.6 is 12.6 Å². The van der Waals surface area contributed by atoms with Gasteiger partial charge in [0.05, 0.1) is 6.61 Å². The molecule has 0 aromatic carbocycles. The van der Waals surface area contributed by atoms with E-state index in [1.165, 1.54) is 19.3 Å². The van der Waals surface area contributed by atoms with Gasteiger partial charge in [0.1, 0.15) is 5.44 Å². The van der Waals surface area contributed by atoms with E-state index in [9.17, 15) is 0 Å². The minimum absolute atomic E-state index is 0.248. The highest BCUT2D eigenvalue weighted by molar-refractivity contribution is 7.80. The SMILES string of the molecule is SC1CC2(CC2)CO1. The highest BCUT2D eigenvalue weighted by Gasteiger charge is 2.48. The fourth-order valence-corrected chi connectivity index (χ4v) is 1.75. The third-order valence-electron chi connectivity index (χ3n) is 2.15. The van der Waals surface area contributed by atoms with Gasteiger partial charge in [-0.05, 0) is 24.7 Å². The summed E-state index contributed by atoms with van der Waals surface area (Å²) in [4.78, 5) is 0. The van der Waals surface area contributed by atoms with Crippen LogP contribution in [0.25, 0.3) is 0 Å². The molecule has 1 aliphatic heterocycles. The molecule has 0 radical (unpaired) electrons. The zero-order valence-electron chi connectivity index (χ0n) is 4.76. The topological polar surface area (TPSA) is 9.23 Å². The molecular weight excluding hydrogens is 120 g/mol. The van der Waals surface area contributed by atoms with Gasteiger partial charge < -0.3 is 4.74 Å². The largest absolute Gasteiger partial charge is 0.367 e. The molecule has 0 N–H and O–H groups in total. The fourth-order valence-electron chi connectivity index (χ4n) is 1.29. The van der Waals surface area contributed by atoms with Crippen LogP contribution in [-0.2, 0) is 4.74 Å². The average Bonchev–Trinajstić information content (AvgIpc) is 2.34. The fraction of sp³-hybridized carbons (Fsp3) is 1.00. The van der Waals surface area contributed by atoms with Gasteiger partial charge in [0.15, 0.2) is 0 Å². The third kappa shape index (κ3) is 0.669. The Morgan fingerprint density at radius 3 is 2.50 bits per heavy atom. The minimum Gasteiger partial charge on any atom is -0.367 e. The van der Waals surface area contributed by atoms with Gasteiger partial charge in [-0.25, -0.2) is 0 Å². The van der Waals surface area contributed by atoms with E-state index in [2.05, 4.69) is 12.6 Å². The predicted octanol–water partition coefficient (Wildman–Crippen LogP) is 1.44. The molecule has 46 valence electrons. The first kappa shape index (κ1) is 5.12. The first-order valence-electron chi connectivity index (χ1n) is 3.11. The molecule has 0 aromatic rings. The maximum atomic E-state index is 5.29. The van der Waals surface area contributed by atoms with Crippen molar-refractivity contribution < 1.29 is 4.74 Å². The second-order valence-corrected chi connectivity index (χ2v) is 3.55. The van der Waals surface area contributed by atoms with Crippen LogP contribution in [0.1, 0.15) is 19.3 Å². The molecule has 1 atom stereocenters. The summed E-state index contributed by atoms with van der Waals surface area (Å²) in [6, 6.07) is 0. The first-order chi connectivity index (χ1) is 3.81. The molecule has 2 rings (SSSR count). The van der Waals surface area contributed by atoms with Gasteiger partial charge in [0, 0.05) is 0 Å². The molecule has 1 aliphatic carbocycles. The van der Waals surface area contributed by atoms with E-state index in [0.29, 0.717) is 5.41 Å². The van der Waals surface area contributed by atoms with E-state index in [1.807, 2.05) is 0 Å². The predicted molar refractivity (Wildman–Crippen MR) is 35.0 cm³/mol. The maximum absolute atomic E-state index is 5.29. The van der Waals surface area contributed by atoms with Crippen LogP contribution in [-0.4, -0.2) is 12.0 Å². The maximum Gasteiger partial charge on any atom is 0.101 e. The van der Waals surface area contributed by atoms with E-state index in [4.69, 9.17) is 4.74 Å². The van der Waals surface area contributed by atoms with Gasteiger partial charge in [-0.2, -0.15) is 0 Å². The summed E-state index contributed by atoms with van der Waals surface area (Å²) in [6.45, 7) is 0.973. The minimum atomic E-state index is 0.248. The summed E-state index contributed by atoms with van der Waals surface area (Å²) in [6.07, 6.45) is 3.95. The van der Waals surface area contributed by atoms with Crippen molar-refractivity contribution in [3.05, 3.63) is 0 Å². The van der Waals surface area contributed by atoms with Gasteiger partial charge in [-0.3, -0.25) is 0 Å². The molecule has 1 unspecified atom stereocenters. The molecule has 2 aliphatic rings. The van der Waals surface area contributed by atoms with Gasteiger partial charge in [-0.15, -0.1) is 12.6 Å². The molecule has 1 saturated carbocycles. The summed E-state index contributed by atoms with van der Waals surface area (Å²) < 4.78 is 5.29. The Morgan fingerprint density at radius 1 is 1.50 bits per heavy atom. The van der Waals surface area contributed by atoms with E-state index < -0.39 is 0 Å². The molecule has 2 heteroatoms. The summed E-state index contributed by atoms with van der Waals surface area (Å²) in [5.41, 5.74) is 0.865. The van der Waals surface area contributed by atoms with Crippen molar-refractivity contribution in [2.45, 2.75) is 24.7 Å². The van der Waals surface area contributed by atoms with Gasteiger partial charge >= 0.3 is 0 Å². The molecule has 1 spiro atoms. The van der Waals surface area contributed by atoms with Crippen molar-refractivity contribution in [3.8, 4) is 0 Å². The monoisotopic (exact) mass is 130 g/mol. The Kier molecular flexibility index (Phi) is 0.910. The molecule has 1 heterocycles. The van der Waals surface area contributed by atoms with Gasteiger partial charge in [-0.1, -0.05) is 0 Å². The Labute approximate surface area is 54.8 Å². The molecule has 1 saturated heterocycles. The Hall–Kier alpha value is 0.310. The standard InChI is InChI=1S/C6H10OS/c8-5-3-6(1-2-6)4-7-5/h5,8H,1-4H2. The third-order valence-corrected chi connectivity index (χ3v) is 2.48. The van der Waals surface area contributed by atoms with Crippen molar-refractivity contribution in [2.24, 2.45) is 5.41 Å².